The quantitative estimate of drug-likeness (QED) is 0.935. The van der Waals surface area contributed by atoms with E-state index in [0.29, 0.717) is 6.54 Å². The lowest BCUT2D eigenvalue weighted by molar-refractivity contribution is -0.147. The maximum absolute atomic E-state index is 11.3. The molecule has 2 heterocycles. The third-order valence-corrected chi connectivity index (χ3v) is 4.21. The number of likely N-dealkylation sites (tertiary alicyclic amines) is 1. The summed E-state index contributed by atoms with van der Waals surface area (Å²) in [5, 5.41) is 9.26. The minimum absolute atomic E-state index is 0.600. The van der Waals surface area contributed by atoms with Crippen LogP contribution in [-0.2, 0) is 11.3 Å². The summed E-state index contributed by atoms with van der Waals surface area (Å²) in [6.45, 7) is 4.09. The largest absolute Gasteiger partial charge is 0.481 e. The fourth-order valence-corrected chi connectivity index (χ4v) is 2.81. The van der Waals surface area contributed by atoms with Gasteiger partial charge in [0, 0.05) is 31.2 Å². The Morgan fingerprint density at radius 2 is 2.14 bits per heavy atom. The highest BCUT2D eigenvalue weighted by molar-refractivity contribution is 5.74. The Balaban J connectivity index is 1.65. The number of benzene rings is 1. The van der Waals surface area contributed by atoms with E-state index in [9.17, 15) is 9.90 Å². The van der Waals surface area contributed by atoms with Gasteiger partial charge in [0.1, 0.15) is 0 Å². The molecule has 21 heavy (non-hydrogen) atoms. The molecule has 1 N–H and O–H groups in total. The maximum Gasteiger partial charge on any atom is 0.310 e. The van der Waals surface area contributed by atoms with Gasteiger partial charge in [-0.05, 0) is 37.6 Å². The van der Waals surface area contributed by atoms with Crippen LogP contribution in [0.4, 0.5) is 0 Å². The summed E-state index contributed by atoms with van der Waals surface area (Å²) >= 11 is 0. The molecule has 0 amide bonds. The monoisotopic (exact) mass is 285 g/mol. The number of carboxylic acids is 1. The number of carbonyl (C=O) groups is 1. The molecule has 110 valence electrons. The van der Waals surface area contributed by atoms with Gasteiger partial charge in [0.15, 0.2) is 0 Å². The third-order valence-electron chi connectivity index (χ3n) is 4.21. The minimum atomic E-state index is -0.694. The molecule has 1 unspecified atom stereocenters. The average molecular weight is 285 g/mol. The van der Waals surface area contributed by atoms with Crippen LogP contribution in [0.15, 0.2) is 43.0 Å². The highest BCUT2D eigenvalue weighted by Crippen LogP contribution is 2.31. The molecule has 1 aliphatic heterocycles. The van der Waals surface area contributed by atoms with Gasteiger partial charge in [0.05, 0.1) is 11.7 Å². The van der Waals surface area contributed by atoms with Gasteiger partial charge in [0.25, 0.3) is 0 Å². The topological polar surface area (TPSA) is 58.4 Å². The Kier molecular flexibility index (Phi) is 3.51. The number of aromatic nitrogens is 2. The molecule has 0 aliphatic carbocycles. The molecule has 2 aromatic rings. The summed E-state index contributed by atoms with van der Waals surface area (Å²) < 4.78 is 1.96. The minimum Gasteiger partial charge on any atom is -0.481 e. The predicted molar refractivity (Wildman–Crippen MR) is 79.2 cm³/mol. The third kappa shape index (κ3) is 2.83. The maximum atomic E-state index is 11.3. The van der Waals surface area contributed by atoms with Crippen LogP contribution in [0, 0.1) is 5.41 Å². The van der Waals surface area contributed by atoms with Crippen LogP contribution < -0.4 is 0 Å². The van der Waals surface area contributed by atoms with Crippen molar-refractivity contribution in [3.05, 3.63) is 48.5 Å². The average Bonchev–Trinajstić information content (AvgIpc) is 3.11. The molecular formula is C16H19N3O2. The van der Waals surface area contributed by atoms with Crippen molar-refractivity contribution < 1.29 is 9.90 Å². The summed E-state index contributed by atoms with van der Waals surface area (Å²) in [6.07, 6.45) is 6.15. The molecule has 0 radical (unpaired) electrons. The second-order valence-electron chi connectivity index (χ2n) is 5.96. The van der Waals surface area contributed by atoms with E-state index in [-0.39, 0.29) is 0 Å². The molecule has 1 fully saturated rings. The highest BCUT2D eigenvalue weighted by atomic mass is 16.4. The second kappa shape index (κ2) is 5.33. The number of carboxylic acid groups (broad SMARTS) is 1. The number of nitrogens with zero attached hydrogens (tertiary/aromatic N) is 3. The molecule has 5 heteroatoms. The molecule has 0 saturated carbocycles. The first-order valence-electron chi connectivity index (χ1n) is 7.10. The summed E-state index contributed by atoms with van der Waals surface area (Å²) in [6, 6.07) is 8.30. The molecule has 0 bridgehead atoms. The molecule has 5 nitrogen and oxygen atoms in total. The van der Waals surface area contributed by atoms with E-state index in [2.05, 4.69) is 34.1 Å². The van der Waals surface area contributed by atoms with E-state index in [0.717, 1.165) is 25.2 Å². The highest BCUT2D eigenvalue weighted by Gasteiger charge is 2.40. The van der Waals surface area contributed by atoms with Crippen molar-refractivity contribution in [2.45, 2.75) is 19.9 Å². The smallest absolute Gasteiger partial charge is 0.310 e. The summed E-state index contributed by atoms with van der Waals surface area (Å²) in [7, 11) is 0. The predicted octanol–water partition coefficient (Wildman–Crippen LogP) is 2.17. The van der Waals surface area contributed by atoms with Crippen molar-refractivity contribution in [2.24, 2.45) is 5.41 Å². The zero-order valence-electron chi connectivity index (χ0n) is 12.1. The molecule has 1 aromatic carbocycles. The molecule has 1 aromatic heterocycles. The van der Waals surface area contributed by atoms with Crippen LogP contribution in [0.2, 0.25) is 0 Å². The van der Waals surface area contributed by atoms with E-state index in [4.69, 9.17) is 0 Å². The van der Waals surface area contributed by atoms with Crippen LogP contribution in [-0.4, -0.2) is 38.6 Å². The number of hydrogen-bond donors (Lipinski definition) is 1. The van der Waals surface area contributed by atoms with Crippen LogP contribution in [0.1, 0.15) is 18.9 Å². The van der Waals surface area contributed by atoms with Crippen molar-refractivity contribution in [3.63, 3.8) is 0 Å². The van der Waals surface area contributed by atoms with Gasteiger partial charge in [-0.25, -0.2) is 4.98 Å². The standard InChI is InChI=1S/C16H19N3O2/c1-16(15(20)21)6-8-18(11-16)10-13-2-4-14(5-3-13)19-9-7-17-12-19/h2-5,7,9,12H,6,8,10-11H2,1H3,(H,20,21). The van der Waals surface area contributed by atoms with Crippen molar-refractivity contribution in [2.75, 3.05) is 13.1 Å². The lowest BCUT2D eigenvalue weighted by atomic mass is 9.90. The first kappa shape index (κ1) is 13.8. The van der Waals surface area contributed by atoms with E-state index < -0.39 is 11.4 Å². The zero-order chi connectivity index (χ0) is 14.9. The fourth-order valence-electron chi connectivity index (χ4n) is 2.81. The van der Waals surface area contributed by atoms with Crippen LogP contribution in [0.5, 0.6) is 0 Å². The van der Waals surface area contributed by atoms with Gasteiger partial charge in [-0.1, -0.05) is 12.1 Å². The number of aliphatic carboxylic acids is 1. The second-order valence-corrected chi connectivity index (χ2v) is 5.96. The van der Waals surface area contributed by atoms with Crippen LogP contribution >= 0.6 is 0 Å². The Morgan fingerprint density at radius 1 is 1.38 bits per heavy atom. The molecule has 1 saturated heterocycles. The van der Waals surface area contributed by atoms with Gasteiger partial charge in [-0.15, -0.1) is 0 Å². The summed E-state index contributed by atoms with van der Waals surface area (Å²) in [5.41, 5.74) is 1.68. The van der Waals surface area contributed by atoms with E-state index in [1.165, 1.54) is 5.56 Å². The zero-order valence-corrected chi connectivity index (χ0v) is 12.1. The summed E-state index contributed by atoms with van der Waals surface area (Å²) in [4.78, 5) is 17.5. The van der Waals surface area contributed by atoms with Gasteiger partial charge < -0.3 is 9.67 Å². The summed E-state index contributed by atoms with van der Waals surface area (Å²) in [5.74, 6) is -0.694. The van der Waals surface area contributed by atoms with E-state index in [1.807, 2.05) is 17.7 Å². The first-order chi connectivity index (χ1) is 10.1. The van der Waals surface area contributed by atoms with E-state index >= 15 is 0 Å². The molecule has 0 spiro atoms. The Hall–Kier alpha value is -2.14. The van der Waals surface area contributed by atoms with Gasteiger partial charge in [0.2, 0.25) is 0 Å². The van der Waals surface area contributed by atoms with Crippen LogP contribution in [0.3, 0.4) is 0 Å². The lowest BCUT2D eigenvalue weighted by Gasteiger charge is -2.20. The Bertz CT molecular complexity index is 621. The fraction of sp³-hybridized carbons (Fsp3) is 0.375. The number of rotatable bonds is 4. The molecule has 3 rings (SSSR count). The first-order valence-corrected chi connectivity index (χ1v) is 7.10. The SMILES string of the molecule is CC1(C(=O)O)CCN(Cc2ccc(-n3ccnc3)cc2)C1. The van der Waals surface area contributed by atoms with Gasteiger partial charge in [-0.2, -0.15) is 0 Å². The lowest BCUT2D eigenvalue weighted by Crippen LogP contribution is -2.31. The van der Waals surface area contributed by atoms with Crippen LogP contribution in [0.25, 0.3) is 5.69 Å². The normalized spacial score (nSPS) is 22.5. The van der Waals surface area contributed by atoms with Crippen molar-refractivity contribution in [3.8, 4) is 5.69 Å². The van der Waals surface area contributed by atoms with Crippen molar-refractivity contribution >= 4 is 5.97 Å². The van der Waals surface area contributed by atoms with Crippen molar-refractivity contribution in [1.82, 2.24) is 14.5 Å². The molecule has 1 aliphatic rings. The Labute approximate surface area is 123 Å². The Morgan fingerprint density at radius 3 is 2.71 bits per heavy atom. The van der Waals surface area contributed by atoms with Crippen molar-refractivity contribution in [1.29, 1.82) is 0 Å². The van der Waals surface area contributed by atoms with E-state index in [1.54, 1.807) is 12.5 Å². The molecular weight excluding hydrogens is 266 g/mol. The van der Waals surface area contributed by atoms with Gasteiger partial charge in [-0.3, -0.25) is 9.69 Å². The number of imidazole rings is 1. The van der Waals surface area contributed by atoms with Gasteiger partial charge >= 0.3 is 5.97 Å². The molecule has 1 atom stereocenters. The number of hydrogen-bond acceptors (Lipinski definition) is 3.